The Hall–Kier alpha value is -1.98. The molecule has 0 spiro atoms. The van der Waals surface area contributed by atoms with E-state index in [2.05, 4.69) is 46.8 Å². The minimum atomic E-state index is -0.423. The highest BCUT2D eigenvalue weighted by Gasteiger charge is 2.51. The number of ether oxygens (including phenoxy) is 2. The van der Waals surface area contributed by atoms with Crippen molar-refractivity contribution >= 4 is 12.6 Å². The molecule has 2 aromatic rings. The molecule has 1 heterocycles. The maximum absolute atomic E-state index is 6.36. The molecule has 0 aliphatic carbocycles. The van der Waals surface area contributed by atoms with Gasteiger partial charge in [-0.3, -0.25) is 0 Å². The first-order valence-electron chi connectivity index (χ1n) is 10.0. The lowest BCUT2D eigenvalue weighted by atomic mass is 9.79. The second-order valence-corrected chi connectivity index (χ2v) is 8.30. The van der Waals surface area contributed by atoms with Crippen molar-refractivity contribution in [3.8, 4) is 11.5 Å². The molecule has 1 fully saturated rings. The second kappa shape index (κ2) is 8.18. The van der Waals surface area contributed by atoms with Gasteiger partial charge in [-0.1, -0.05) is 49.7 Å². The fraction of sp³-hybridized carbons (Fsp3) is 0.478. The monoisotopic (exact) mass is 382 g/mol. The minimum Gasteiger partial charge on any atom is -0.493 e. The van der Waals surface area contributed by atoms with Crippen molar-refractivity contribution in [1.82, 2.24) is 0 Å². The van der Waals surface area contributed by atoms with E-state index in [1.54, 1.807) is 7.11 Å². The van der Waals surface area contributed by atoms with E-state index in [0.717, 1.165) is 24.1 Å². The first-order chi connectivity index (χ1) is 13.3. The van der Waals surface area contributed by atoms with E-state index >= 15 is 0 Å². The molecule has 1 aliphatic heterocycles. The highest BCUT2D eigenvalue weighted by Crippen LogP contribution is 2.38. The zero-order valence-corrected chi connectivity index (χ0v) is 17.8. The van der Waals surface area contributed by atoms with Crippen molar-refractivity contribution in [2.24, 2.45) is 0 Å². The van der Waals surface area contributed by atoms with E-state index in [1.165, 1.54) is 5.56 Å². The molecule has 4 nitrogen and oxygen atoms in total. The third kappa shape index (κ3) is 4.21. The Morgan fingerprint density at radius 3 is 2.14 bits per heavy atom. The highest BCUT2D eigenvalue weighted by molar-refractivity contribution is 6.62. The lowest BCUT2D eigenvalue weighted by Crippen LogP contribution is -2.41. The lowest BCUT2D eigenvalue weighted by molar-refractivity contribution is 0.00578. The van der Waals surface area contributed by atoms with Gasteiger partial charge in [-0.15, -0.1) is 0 Å². The van der Waals surface area contributed by atoms with Gasteiger partial charge in [0.05, 0.1) is 18.3 Å². The standard InChI is InChI=1S/C23H31BO4/c1-7-11-19(17-12-9-8-10-13-17)26-20-15-14-18(16-21(20)25-6)24-27-22(2,3)23(4,5)28-24/h8-10,12-16,19H,7,11H2,1-6H3. The Labute approximate surface area is 169 Å². The van der Waals surface area contributed by atoms with Gasteiger partial charge in [-0.05, 0) is 57.3 Å². The molecule has 0 saturated carbocycles. The third-order valence-corrected chi connectivity index (χ3v) is 5.70. The van der Waals surface area contributed by atoms with E-state index in [1.807, 2.05) is 36.4 Å². The zero-order chi connectivity index (χ0) is 20.4. The third-order valence-electron chi connectivity index (χ3n) is 5.70. The Morgan fingerprint density at radius 2 is 1.57 bits per heavy atom. The molecule has 0 bridgehead atoms. The van der Waals surface area contributed by atoms with E-state index in [-0.39, 0.29) is 17.3 Å². The second-order valence-electron chi connectivity index (χ2n) is 8.30. The summed E-state index contributed by atoms with van der Waals surface area (Å²) < 4.78 is 24.3. The number of rotatable bonds is 7. The smallest absolute Gasteiger partial charge is 0.493 e. The summed E-state index contributed by atoms with van der Waals surface area (Å²) in [5, 5.41) is 0. The van der Waals surface area contributed by atoms with E-state index in [4.69, 9.17) is 18.8 Å². The summed E-state index contributed by atoms with van der Waals surface area (Å²) in [4.78, 5) is 0. The number of hydrogen-bond acceptors (Lipinski definition) is 4. The normalized spacial score (nSPS) is 18.7. The van der Waals surface area contributed by atoms with Crippen molar-refractivity contribution < 1.29 is 18.8 Å². The van der Waals surface area contributed by atoms with Crippen LogP contribution in [0, 0.1) is 0 Å². The summed E-state index contributed by atoms with van der Waals surface area (Å²) in [7, 11) is 1.24. The van der Waals surface area contributed by atoms with Crippen LogP contribution in [0.1, 0.15) is 59.1 Å². The summed E-state index contributed by atoms with van der Waals surface area (Å²) in [6, 6.07) is 16.2. The van der Waals surface area contributed by atoms with Crippen LogP contribution in [-0.2, 0) is 9.31 Å². The Balaban J connectivity index is 1.84. The van der Waals surface area contributed by atoms with Crippen molar-refractivity contribution in [3.05, 3.63) is 54.1 Å². The molecule has 1 saturated heterocycles. The minimum absolute atomic E-state index is 0.0113. The van der Waals surface area contributed by atoms with Gasteiger partial charge >= 0.3 is 7.12 Å². The predicted octanol–water partition coefficient (Wildman–Crippen LogP) is 4.91. The van der Waals surface area contributed by atoms with Crippen LogP contribution in [0.2, 0.25) is 0 Å². The Bertz CT molecular complexity index is 772. The number of hydrogen-bond donors (Lipinski definition) is 0. The van der Waals surface area contributed by atoms with Crippen LogP contribution in [-0.4, -0.2) is 25.4 Å². The van der Waals surface area contributed by atoms with Crippen LogP contribution in [0.15, 0.2) is 48.5 Å². The predicted molar refractivity (Wildman–Crippen MR) is 113 cm³/mol. The molecule has 28 heavy (non-hydrogen) atoms. The molecule has 1 atom stereocenters. The average Bonchev–Trinajstić information content (AvgIpc) is 2.89. The molecule has 5 heteroatoms. The Morgan fingerprint density at radius 1 is 0.929 bits per heavy atom. The summed E-state index contributed by atoms with van der Waals surface area (Å²) in [5.74, 6) is 1.41. The van der Waals surface area contributed by atoms with Crippen LogP contribution in [0.4, 0.5) is 0 Å². The topological polar surface area (TPSA) is 36.9 Å². The largest absolute Gasteiger partial charge is 0.494 e. The first kappa shape index (κ1) is 20.8. The van der Waals surface area contributed by atoms with E-state index in [0.29, 0.717) is 5.75 Å². The molecule has 1 unspecified atom stereocenters. The Kier molecular flexibility index (Phi) is 6.06. The van der Waals surface area contributed by atoms with Crippen molar-refractivity contribution in [3.63, 3.8) is 0 Å². The van der Waals surface area contributed by atoms with Gasteiger partial charge in [0.2, 0.25) is 0 Å². The van der Waals surface area contributed by atoms with E-state index in [9.17, 15) is 0 Å². The van der Waals surface area contributed by atoms with Gasteiger partial charge in [-0.25, -0.2) is 0 Å². The molecule has 0 N–H and O–H groups in total. The molecule has 3 rings (SSSR count). The van der Waals surface area contributed by atoms with Gasteiger partial charge in [0.25, 0.3) is 0 Å². The average molecular weight is 382 g/mol. The highest BCUT2D eigenvalue weighted by atomic mass is 16.7. The van der Waals surface area contributed by atoms with Crippen molar-refractivity contribution in [1.29, 1.82) is 0 Å². The maximum Gasteiger partial charge on any atom is 0.494 e. The summed E-state index contributed by atoms with van der Waals surface area (Å²) in [6.07, 6.45) is 1.96. The van der Waals surface area contributed by atoms with Crippen LogP contribution >= 0.6 is 0 Å². The van der Waals surface area contributed by atoms with Gasteiger partial charge < -0.3 is 18.8 Å². The summed E-state index contributed by atoms with van der Waals surface area (Å²) in [6.45, 7) is 10.4. The number of benzene rings is 2. The van der Waals surface area contributed by atoms with E-state index < -0.39 is 7.12 Å². The van der Waals surface area contributed by atoms with Crippen molar-refractivity contribution in [2.75, 3.05) is 7.11 Å². The van der Waals surface area contributed by atoms with Gasteiger partial charge in [0.15, 0.2) is 11.5 Å². The van der Waals surface area contributed by atoms with Crippen LogP contribution in [0.5, 0.6) is 11.5 Å². The van der Waals surface area contributed by atoms with Crippen LogP contribution in [0.3, 0.4) is 0 Å². The van der Waals surface area contributed by atoms with Gasteiger partial charge in [0, 0.05) is 0 Å². The number of methoxy groups -OCH3 is 1. The zero-order valence-electron chi connectivity index (χ0n) is 17.8. The molecular formula is C23H31BO4. The van der Waals surface area contributed by atoms with Crippen LogP contribution < -0.4 is 14.9 Å². The molecule has 1 aliphatic rings. The fourth-order valence-corrected chi connectivity index (χ4v) is 3.28. The van der Waals surface area contributed by atoms with Gasteiger partial charge in [0.1, 0.15) is 6.10 Å². The SMILES string of the molecule is CCCC(Oc1ccc(B2OC(C)(C)C(C)(C)O2)cc1OC)c1ccccc1. The quantitative estimate of drug-likeness (QED) is 0.638. The van der Waals surface area contributed by atoms with Gasteiger partial charge in [-0.2, -0.15) is 0 Å². The molecule has 2 aromatic carbocycles. The summed E-state index contributed by atoms with van der Waals surface area (Å²) in [5.41, 5.74) is 1.34. The van der Waals surface area contributed by atoms with Crippen molar-refractivity contribution in [2.45, 2.75) is 64.8 Å². The van der Waals surface area contributed by atoms with Crippen LogP contribution in [0.25, 0.3) is 0 Å². The lowest BCUT2D eigenvalue weighted by Gasteiger charge is -2.32. The molecular weight excluding hydrogens is 351 g/mol. The maximum atomic E-state index is 6.36. The molecule has 0 aromatic heterocycles. The molecule has 0 amide bonds. The molecule has 0 radical (unpaired) electrons. The fourth-order valence-electron chi connectivity index (χ4n) is 3.28. The summed E-state index contributed by atoms with van der Waals surface area (Å²) >= 11 is 0. The molecule has 150 valence electrons. The first-order valence-corrected chi connectivity index (χ1v) is 10.0.